The number of hydrogen-bond donors (Lipinski definition) is 0. The number of rotatable bonds is 4. The summed E-state index contributed by atoms with van der Waals surface area (Å²) in [4.78, 5) is 10.4. The van der Waals surface area contributed by atoms with Crippen molar-refractivity contribution in [3.05, 3.63) is 59.1 Å². The molecule has 0 bridgehead atoms. The summed E-state index contributed by atoms with van der Waals surface area (Å²) in [6, 6.07) is 8.73. The summed E-state index contributed by atoms with van der Waals surface area (Å²) in [6.07, 6.45) is 0.778. The summed E-state index contributed by atoms with van der Waals surface area (Å²) in [7, 11) is 0. The molecular weight excluding hydrogens is 462 g/mol. The Morgan fingerprint density at radius 1 is 1.26 bits per heavy atom. The molecule has 0 radical (unpaired) electrons. The monoisotopic (exact) mass is 467 g/mol. The van der Waals surface area contributed by atoms with Crippen LogP contribution in [-0.2, 0) is 6.42 Å². The lowest BCUT2D eigenvalue weighted by Crippen LogP contribution is -1.95. The van der Waals surface area contributed by atoms with E-state index >= 15 is 0 Å². The molecule has 0 spiro atoms. The first kappa shape index (κ1) is 15.2. The van der Waals surface area contributed by atoms with Crippen LogP contribution in [0.4, 0.5) is 5.69 Å². The number of benzene rings is 1. The van der Waals surface area contributed by atoms with Crippen LogP contribution in [0, 0.1) is 10.1 Å². The van der Waals surface area contributed by atoms with Crippen LogP contribution in [0.1, 0.15) is 16.0 Å². The van der Waals surface area contributed by atoms with E-state index in [4.69, 9.17) is 0 Å². The van der Waals surface area contributed by atoms with Gasteiger partial charge in [-0.05, 0) is 55.5 Å². The van der Waals surface area contributed by atoms with Gasteiger partial charge in [-0.15, -0.1) is 11.3 Å². The van der Waals surface area contributed by atoms with E-state index in [1.807, 2.05) is 0 Å². The highest BCUT2D eigenvalue weighted by molar-refractivity contribution is 9.12. The fraction of sp³-hybridized carbons (Fsp3) is 0.167. The first-order valence-corrected chi connectivity index (χ1v) is 8.61. The van der Waals surface area contributed by atoms with Gasteiger partial charge >= 0.3 is 0 Å². The maximum absolute atomic E-state index is 10.6. The minimum atomic E-state index is -0.387. The zero-order valence-electron chi connectivity index (χ0n) is 9.48. The van der Waals surface area contributed by atoms with Gasteiger partial charge in [-0.2, -0.15) is 0 Å². The van der Waals surface area contributed by atoms with E-state index < -0.39 is 0 Å². The highest BCUT2D eigenvalue weighted by atomic mass is 79.9. The van der Waals surface area contributed by atoms with Crippen LogP contribution in [0.3, 0.4) is 0 Å². The van der Waals surface area contributed by atoms with Crippen LogP contribution >= 0.6 is 59.1 Å². The average Bonchev–Trinajstić information content (AvgIpc) is 2.69. The Balaban J connectivity index is 2.12. The lowest BCUT2D eigenvalue weighted by molar-refractivity contribution is -0.384. The summed E-state index contributed by atoms with van der Waals surface area (Å²) in [5.74, 6) is 0. The first-order valence-electron chi connectivity index (χ1n) is 5.29. The van der Waals surface area contributed by atoms with Crippen molar-refractivity contribution in [2.24, 2.45) is 0 Å². The molecule has 0 aliphatic rings. The zero-order valence-corrected chi connectivity index (χ0v) is 15.1. The second kappa shape index (κ2) is 6.47. The van der Waals surface area contributed by atoms with Crippen LogP contribution in [0.2, 0.25) is 0 Å². The summed E-state index contributed by atoms with van der Waals surface area (Å²) in [5, 5.41) is 10.6. The molecule has 0 saturated heterocycles. The molecule has 1 aromatic carbocycles. The molecule has 0 N–H and O–H groups in total. The van der Waals surface area contributed by atoms with Crippen molar-refractivity contribution < 1.29 is 4.92 Å². The Kier molecular flexibility index (Phi) is 5.16. The van der Waals surface area contributed by atoms with E-state index in [-0.39, 0.29) is 15.4 Å². The Morgan fingerprint density at radius 2 is 1.89 bits per heavy atom. The van der Waals surface area contributed by atoms with Crippen molar-refractivity contribution in [3.8, 4) is 0 Å². The van der Waals surface area contributed by atoms with Gasteiger partial charge in [0.1, 0.15) is 0 Å². The molecular formula is C12H8Br3NO2S. The van der Waals surface area contributed by atoms with Crippen LogP contribution in [-0.4, -0.2) is 4.92 Å². The maximum Gasteiger partial charge on any atom is 0.269 e. The van der Waals surface area contributed by atoms with E-state index in [1.165, 1.54) is 17.7 Å². The number of nitrogens with zero attached hydrogens (tertiary/aromatic N) is 1. The van der Waals surface area contributed by atoms with Gasteiger partial charge in [0.15, 0.2) is 0 Å². The lowest BCUT2D eigenvalue weighted by Gasteiger charge is -2.09. The average molecular weight is 470 g/mol. The van der Waals surface area contributed by atoms with E-state index in [0.717, 1.165) is 19.6 Å². The summed E-state index contributed by atoms with van der Waals surface area (Å²) in [5.41, 5.74) is 2.35. The first-order chi connectivity index (χ1) is 8.97. The van der Waals surface area contributed by atoms with Crippen molar-refractivity contribution in [2.45, 2.75) is 11.2 Å². The van der Waals surface area contributed by atoms with Gasteiger partial charge in [0.25, 0.3) is 5.69 Å². The Bertz CT molecular complexity index is 598. The smallest absolute Gasteiger partial charge is 0.258 e. The Morgan fingerprint density at radius 3 is 2.37 bits per heavy atom. The number of non-ortho nitro benzene ring substituents is 1. The minimum Gasteiger partial charge on any atom is -0.258 e. The highest BCUT2D eigenvalue weighted by Gasteiger charge is 2.15. The fourth-order valence-electron chi connectivity index (χ4n) is 1.64. The number of halogens is 3. The topological polar surface area (TPSA) is 43.1 Å². The molecule has 0 aliphatic carbocycles. The Hall–Kier alpha value is -0.240. The number of nitro benzene ring substituents is 1. The van der Waals surface area contributed by atoms with E-state index in [9.17, 15) is 10.1 Å². The molecule has 7 heteroatoms. The van der Waals surface area contributed by atoms with Gasteiger partial charge < -0.3 is 0 Å². The molecule has 3 nitrogen and oxygen atoms in total. The molecule has 19 heavy (non-hydrogen) atoms. The molecule has 1 unspecified atom stereocenters. The molecule has 1 atom stereocenters. The zero-order chi connectivity index (χ0) is 14.0. The Labute approximate surface area is 139 Å². The number of alkyl halides is 1. The molecule has 0 saturated carbocycles. The van der Waals surface area contributed by atoms with Gasteiger partial charge in [0.05, 0.1) is 12.5 Å². The lowest BCUT2D eigenvalue weighted by atomic mass is 10.1. The van der Waals surface area contributed by atoms with Crippen LogP contribution < -0.4 is 0 Å². The van der Waals surface area contributed by atoms with E-state index in [1.54, 1.807) is 23.5 Å². The van der Waals surface area contributed by atoms with Gasteiger partial charge in [-0.1, -0.05) is 28.1 Å². The molecule has 0 fully saturated rings. The summed E-state index contributed by atoms with van der Waals surface area (Å²) < 4.78 is 2.16. The third-order valence-electron chi connectivity index (χ3n) is 2.58. The van der Waals surface area contributed by atoms with E-state index in [0.29, 0.717) is 0 Å². The molecule has 2 aromatic rings. The predicted octanol–water partition coefficient (Wildman–Crippen LogP) is 5.86. The van der Waals surface area contributed by atoms with Crippen molar-refractivity contribution in [2.75, 3.05) is 0 Å². The fourth-order valence-corrected chi connectivity index (χ4v) is 5.80. The number of hydrogen-bond acceptors (Lipinski definition) is 3. The normalized spacial score (nSPS) is 12.4. The summed E-state index contributed by atoms with van der Waals surface area (Å²) >= 11 is 12.3. The standard InChI is InChI=1S/C12H8Br3NO2S/c13-10(9-6-11(14)19-12(9)15)5-7-1-3-8(4-2-7)16(17)18/h1-4,6,10H,5H2. The molecule has 1 aromatic heterocycles. The quantitative estimate of drug-likeness (QED) is 0.320. The van der Waals surface area contributed by atoms with Gasteiger partial charge in [-0.3, -0.25) is 10.1 Å². The van der Waals surface area contributed by atoms with Gasteiger partial charge in [0, 0.05) is 17.0 Å². The number of thiophene rings is 1. The van der Waals surface area contributed by atoms with Crippen molar-refractivity contribution in [1.82, 2.24) is 0 Å². The van der Waals surface area contributed by atoms with E-state index in [2.05, 4.69) is 53.9 Å². The SMILES string of the molecule is O=[N+]([O-])c1ccc(CC(Br)c2cc(Br)sc2Br)cc1. The van der Waals surface area contributed by atoms with Crippen LogP contribution in [0.5, 0.6) is 0 Å². The molecule has 0 amide bonds. The molecule has 2 rings (SSSR count). The second-order valence-corrected chi connectivity index (χ2v) is 8.73. The predicted molar refractivity (Wildman–Crippen MR) is 88.2 cm³/mol. The van der Waals surface area contributed by atoms with Crippen LogP contribution in [0.25, 0.3) is 0 Å². The van der Waals surface area contributed by atoms with Crippen molar-refractivity contribution in [1.29, 1.82) is 0 Å². The third kappa shape index (κ3) is 3.87. The second-order valence-electron chi connectivity index (χ2n) is 3.87. The summed E-state index contributed by atoms with van der Waals surface area (Å²) in [6.45, 7) is 0. The largest absolute Gasteiger partial charge is 0.269 e. The minimum absolute atomic E-state index is 0.120. The highest BCUT2D eigenvalue weighted by Crippen LogP contribution is 2.40. The molecule has 100 valence electrons. The third-order valence-corrected chi connectivity index (χ3v) is 5.79. The van der Waals surface area contributed by atoms with Gasteiger partial charge in [0.2, 0.25) is 0 Å². The molecule has 0 aliphatic heterocycles. The number of nitro groups is 1. The van der Waals surface area contributed by atoms with Gasteiger partial charge in [-0.25, -0.2) is 0 Å². The van der Waals surface area contributed by atoms with Crippen molar-refractivity contribution >= 4 is 64.8 Å². The molecule has 1 heterocycles. The maximum atomic E-state index is 10.6. The van der Waals surface area contributed by atoms with Crippen LogP contribution in [0.15, 0.2) is 37.9 Å². The van der Waals surface area contributed by atoms with Crippen molar-refractivity contribution in [3.63, 3.8) is 0 Å².